The van der Waals surface area contributed by atoms with Crippen molar-refractivity contribution in [2.45, 2.75) is 18.8 Å². The van der Waals surface area contributed by atoms with Crippen molar-refractivity contribution in [3.8, 4) is 0 Å². The molecule has 10 heteroatoms. The maximum absolute atomic E-state index is 13.9. The number of Topliss-reactive ketones (excluding diaryl/α,β-unsaturated/α-hetero) is 1. The van der Waals surface area contributed by atoms with E-state index in [1.807, 2.05) is 17.0 Å². The second kappa shape index (κ2) is 12.5. The average Bonchev–Trinajstić information content (AvgIpc) is 3.53. The Hall–Kier alpha value is -4.57. The fourth-order valence-electron chi connectivity index (χ4n) is 5.60. The lowest BCUT2D eigenvalue weighted by Gasteiger charge is -2.35. The van der Waals surface area contributed by atoms with Crippen molar-refractivity contribution in [1.29, 1.82) is 0 Å². The molecular weight excluding hydrogens is 535 g/mol. The minimum absolute atomic E-state index is 0.129. The number of piperazine rings is 1. The summed E-state index contributed by atoms with van der Waals surface area (Å²) in [5.74, 6) is 0.380. The van der Waals surface area contributed by atoms with Crippen molar-refractivity contribution in [2.75, 3.05) is 60.9 Å². The highest BCUT2D eigenvalue weighted by molar-refractivity contribution is 6.02. The fourth-order valence-corrected chi connectivity index (χ4v) is 5.60. The summed E-state index contributed by atoms with van der Waals surface area (Å²) in [6, 6.07) is 20.8. The van der Waals surface area contributed by atoms with Crippen LogP contribution in [0.5, 0.6) is 0 Å². The van der Waals surface area contributed by atoms with Crippen LogP contribution in [0.1, 0.15) is 45.2 Å². The molecule has 9 nitrogen and oxygen atoms in total. The Morgan fingerprint density at radius 1 is 0.833 bits per heavy atom. The predicted octanol–water partition coefficient (Wildman–Crippen LogP) is 4.85. The number of hydrogen-bond donors (Lipinski definition) is 1. The van der Waals surface area contributed by atoms with Gasteiger partial charge < -0.3 is 19.5 Å². The first-order valence-corrected chi connectivity index (χ1v) is 14.3. The Bertz CT molecular complexity index is 1510. The van der Waals surface area contributed by atoms with E-state index in [9.17, 15) is 14.0 Å². The van der Waals surface area contributed by atoms with Gasteiger partial charge in [0.2, 0.25) is 5.76 Å². The van der Waals surface area contributed by atoms with Gasteiger partial charge in [0.25, 0.3) is 11.9 Å². The first-order valence-electron chi connectivity index (χ1n) is 14.3. The van der Waals surface area contributed by atoms with Crippen molar-refractivity contribution < 1.29 is 18.4 Å². The van der Waals surface area contributed by atoms with Crippen molar-refractivity contribution >= 4 is 29.2 Å². The molecule has 2 aliphatic heterocycles. The molecule has 216 valence electrons. The lowest BCUT2D eigenvalue weighted by molar-refractivity contribution is 0.0921. The standard InChI is InChI=1S/C32H33FN6O3/c33-27-9-5-4-8-26(27)28(40)22-37-16-18-38(19-17-37)30-11-10-25(20-34-30)36-31(41)29-21-35-32(42-29)39-14-12-24(13-15-39)23-6-2-1-3-7-23/h1-11,20-21,24H,12-19,22H2,(H,36,41). The number of carbonyl (C=O) groups is 2. The van der Waals surface area contributed by atoms with Crippen LogP contribution >= 0.6 is 0 Å². The van der Waals surface area contributed by atoms with Gasteiger partial charge in [0, 0.05) is 39.3 Å². The number of amides is 1. The van der Waals surface area contributed by atoms with Crippen molar-refractivity contribution in [3.63, 3.8) is 0 Å². The van der Waals surface area contributed by atoms with Crippen LogP contribution in [0.2, 0.25) is 0 Å². The van der Waals surface area contributed by atoms with E-state index in [0.29, 0.717) is 43.8 Å². The van der Waals surface area contributed by atoms with Gasteiger partial charge in [-0.15, -0.1) is 0 Å². The number of rotatable bonds is 8. The Kier molecular flexibility index (Phi) is 8.23. The van der Waals surface area contributed by atoms with Crippen LogP contribution in [0.25, 0.3) is 0 Å². The molecule has 2 saturated heterocycles. The molecule has 42 heavy (non-hydrogen) atoms. The Morgan fingerprint density at radius 2 is 1.57 bits per heavy atom. The molecule has 1 amide bonds. The maximum atomic E-state index is 13.9. The first kappa shape index (κ1) is 27.6. The zero-order chi connectivity index (χ0) is 28.9. The van der Waals surface area contributed by atoms with Crippen LogP contribution in [-0.4, -0.2) is 72.4 Å². The second-order valence-corrected chi connectivity index (χ2v) is 10.7. The van der Waals surface area contributed by atoms with Crippen LogP contribution in [0, 0.1) is 5.82 Å². The van der Waals surface area contributed by atoms with Crippen LogP contribution in [0.4, 0.5) is 21.9 Å². The van der Waals surface area contributed by atoms with Crippen LogP contribution in [0.3, 0.4) is 0 Å². The highest BCUT2D eigenvalue weighted by atomic mass is 19.1. The zero-order valence-corrected chi connectivity index (χ0v) is 23.3. The second-order valence-electron chi connectivity index (χ2n) is 10.7. The largest absolute Gasteiger partial charge is 0.418 e. The summed E-state index contributed by atoms with van der Waals surface area (Å²) in [5, 5.41) is 2.83. The number of benzene rings is 2. The average molecular weight is 569 g/mol. The molecule has 0 saturated carbocycles. The number of carbonyl (C=O) groups excluding carboxylic acids is 2. The Labute approximate surface area is 244 Å². The molecule has 4 heterocycles. The number of pyridine rings is 1. The molecule has 6 rings (SSSR count). The summed E-state index contributed by atoms with van der Waals surface area (Å²) in [5.41, 5.74) is 2.04. The number of hydrogen-bond acceptors (Lipinski definition) is 8. The van der Waals surface area contributed by atoms with Gasteiger partial charge in [-0.3, -0.25) is 14.5 Å². The highest BCUT2D eigenvalue weighted by Gasteiger charge is 2.25. The molecule has 2 aliphatic rings. The van der Waals surface area contributed by atoms with Gasteiger partial charge in [0.1, 0.15) is 11.6 Å². The molecule has 2 aromatic heterocycles. The summed E-state index contributed by atoms with van der Waals surface area (Å²) in [7, 11) is 0. The normalized spacial score (nSPS) is 16.4. The maximum Gasteiger partial charge on any atom is 0.297 e. The highest BCUT2D eigenvalue weighted by Crippen LogP contribution is 2.30. The van der Waals surface area contributed by atoms with Gasteiger partial charge in [-0.25, -0.2) is 14.4 Å². The monoisotopic (exact) mass is 568 g/mol. The summed E-state index contributed by atoms with van der Waals surface area (Å²) < 4.78 is 19.7. The third kappa shape index (κ3) is 6.33. The third-order valence-corrected chi connectivity index (χ3v) is 8.00. The van der Waals surface area contributed by atoms with Crippen LogP contribution < -0.4 is 15.1 Å². The lowest BCUT2D eigenvalue weighted by atomic mass is 9.90. The smallest absolute Gasteiger partial charge is 0.297 e. The van der Waals surface area contributed by atoms with Crippen molar-refractivity contribution in [1.82, 2.24) is 14.9 Å². The number of piperidine rings is 1. The molecule has 0 atom stereocenters. The molecule has 0 bridgehead atoms. The molecule has 4 aromatic rings. The Balaban J connectivity index is 0.973. The van der Waals surface area contributed by atoms with E-state index in [1.54, 1.807) is 24.4 Å². The van der Waals surface area contributed by atoms with E-state index in [4.69, 9.17) is 4.42 Å². The number of oxazole rings is 1. The molecule has 2 aromatic carbocycles. The topological polar surface area (TPSA) is 94.8 Å². The molecule has 0 aliphatic carbocycles. The molecule has 0 spiro atoms. The Morgan fingerprint density at radius 3 is 2.29 bits per heavy atom. The fraction of sp³-hybridized carbons (Fsp3) is 0.312. The van der Waals surface area contributed by atoms with Crippen molar-refractivity contribution in [3.05, 3.63) is 102 Å². The molecular formula is C32H33FN6O3. The molecule has 0 radical (unpaired) electrons. The van der Waals surface area contributed by atoms with Crippen LogP contribution in [-0.2, 0) is 0 Å². The number of nitrogens with zero attached hydrogens (tertiary/aromatic N) is 5. The first-order chi connectivity index (χ1) is 20.5. The SMILES string of the molecule is O=C(Nc1ccc(N2CCN(CC(=O)c3ccccc3F)CC2)nc1)c1cnc(N2CCC(c3ccccc3)CC2)o1. The van der Waals surface area contributed by atoms with Gasteiger partial charge in [0.05, 0.1) is 30.2 Å². The van der Waals surface area contributed by atoms with Crippen molar-refractivity contribution in [2.24, 2.45) is 0 Å². The summed E-state index contributed by atoms with van der Waals surface area (Å²) in [6.45, 7) is 4.53. The molecule has 2 fully saturated rings. The van der Waals surface area contributed by atoms with Gasteiger partial charge in [-0.05, 0) is 48.6 Å². The summed E-state index contributed by atoms with van der Waals surface area (Å²) in [4.78, 5) is 40.4. The number of aromatic nitrogens is 2. The van der Waals surface area contributed by atoms with Gasteiger partial charge in [-0.2, -0.15) is 0 Å². The van der Waals surface area contributed by atoms with E-state index < -0.39 is 5.82 Å². The lowest BCUT2D eigenvalue weighted by Crippen LogP contribution is -2.48. The number of nitrogens with one attached hydrogen (secondary N) is 1. The summed E-state index contributed by atoms with van der Waals surface area (Å²) >= 11 is 0. The van der Waals surface area contributed by atoms with E-state index in [-0.39, 0.29) is 29.6 Å². The zero-order valence-electron chi connectivity index (χ0n) is 23.3. The molecule has 1 N–H and O–H groups in total. The minimum atomic E-state index is -0.486. The third-order valence-electron chi connectivity index (χ3n) is 8.00. The van der Waals surface area contributed by atoms with Gasteiger partial charge >= 0.3 is 0 Å². The summed E-state index contributed by atoms with van der Waals surface area (Å²) in [6.07, 6.45) is 5.10. The number of halogens is 1. The quantitative estimate of drug-likeness (QED) is 0.302. The van der Waals surface area contributed by atoms with E-state index >= 15 is 0 Å². The number of anilines is 3. The number of ketones is 1. The van der Waals surface area contributed by atoms with E-state index in [1.165, 1.54) is 23.9 Å². The minimum Gasteiger partial charge on any atom is -0.418 e. The van der Waals surface area contributed by atoms with Gasteiger partial charge in [-0.1, -0.05) is 42.5 Å². The molecule has 0 unspecified atom stereocenters. The van der Waals surface area contributed by atoms with Gasteiger partial charge in [0.15, 0.2) is 5.78 Å². The van der Waals surface area contributed by atoms with Crippen LogP contribution in [0.15, 0.2) is 83.5 Å². The van der Waals surface area contributed by atoms with E-state index in [2.05, 4.69) is 49.4 Å². The predicted molar refractivity (Wildman–Crippen MR) is 159 cm³/mol. The van der Waals surface area contributed by atoms with E-state index in [0.717, 1.165) is 31.7 Å².